The van der Waals surface area contributed by atoms with Crippen molar-refractivity contribution in [2.45, 2.75) is 18.5 Å². The van der Waals surface area contributed by atoms with Crippen molar-refractivity contribution in [3.05, 3.63) is 18.6 Å². The molecule has 2 atom stereocenters. The van der Waals surface area contributed by atoms with Crippen molar-refractivity contribution in [3.63, 3.8) is 0 Å². The summed E-state index contributed by atoms with van der Waals surface area (Å²) in [6.45, 7) is 2.19. The maximum absolute atomic E-state index is 4.32. The largest absolute Gasteiger partial charge is 0.349 e. The molecule has 0 spiro atoms. The van der Waals surface area contributed by atoms with Crippen LogP contribution in [0.3, 0.4) is 0 Å². The molecule has 0 amide bonds. The van der Waals surface area contributed by atoms with Crippen LogP contribution in [0.2, 0.25) is 0 Å². The molecule has 0 aromatic carbocycles. The molecule has 2 saturated heterocycles. The summed E-state index contributed by atoms with van der Waals surface area (Å²) in [6, 6.07) is 1.31. The minimum Gasteiger partial charge on any atom is -0.349 e. The average molecular weight is 213 g/mol. The van der Waals surface area contributed by atoms with Gasteiger partial charge < -0.3 is 10.2 Å². The van der Waals surface area contributed by atoms with Crippen molar-refractivity contribution in [1.82, 2.24) is 15.3 Å². The highest BCUT2D eigenvalue weighted by atomic mass is 35.5. The zero-order chi connectivity index (χ0) is 8.67. The molecule has 0 unspecified atom stereocenters. The van der Waals surface area contributed by atoms with Crippen molar-refractivity contribution in [2.75, 3.05) is 18.0 Å². The Morgan fingerprint density at radius 3 is 2.93 bits per heavy atom. The highest BCUT2D eigenvalue weighted by molar-refractivity contribution is 5.85. The molecular formula is C9H13ClN4. The molecule has 2 bridgehead atoms. The molecule has 3 heterocycles. The van der Waals surface area contributed by atoms with E-state index in [-0.39, 0.29) is 12.4 Å². The van der Waals surface area contributed by atoms with E-state index in [2.05, 4.69) is 20.2 Å². The fraction of sp³-hybridized carbons (Fsp3) is 0.556. The number of hydrogen-bond acceptors (Lipinski definition) is 4. The van der Waals surface area contributed by atoms with Gasteiger partial charge in [-0.3, -0.25) is 4.98 Å². The van der Waals surface area contributed by atoms with E-state index in [0.717, 1.165) is 18.9 Å². The van der Waals surface area contributed by atoms with E-state index in [1.165, 1.54) is 6.42 Å². The molecule has 1 N–H and O–H groups in total. The Morgan fingerprint density at radius 1 is 1.43 bits per heavy atom. The molecule has 14 heavy (non-hydrogen) atoms. The van der Waals surface area contributed by atoms with Crippen LogP contribution in [0, 0.1) is 0 Å². The number of nitrogens with zero attached hydrogens (tertiary/aromatic N) is 3. The van der Waals surface area contributed by atoms with Gasteiger partial charge in [-0.25, -0.2) is 4.98 Å². The van der Waals surface area contributed by atoms with E-state index >= 15 is 0 Å². The molecule has 3 rings (SSSR count). The first kappa shape index (κ1) is 9.68. The van der Waals surface area contributed by atoms with Crippen molar-refractivity contribution in [2.24, 2.45) is 0 Å². The third-order valence-electron chi connectivity index (χ3n) is 2.90. The number of aromatic nitrogens is 2. The van der Waals surface area contributed by atoms with Crippen LogP contribution in [0.1, 0.15) is 6.42 Å². The van der Waals surface area contributed by atoms with E-state index < -0.39 is 0 Å². The van der Waals surface area contributed by atoms with Gasteiger partial charge in [0.05, 0.1) is 6.20 Å². The Hall–Kier alpha value is -0.870. The molecule has 76 valence electrons. The van der Waals surface area contributed by atoms with Gasteiger partial charge >= 0.3 is 0 Å². The smallest absolute Gasteiger partial charge is 0.147 e. The SMILES string of the molecule is Cl.c1cnc(N2C[C@@H]3C[C@H]2CN3)cn1. The van der Waals surface area contributed by atoms with Gasteiger partial charge in [-0.15, -0.1) is 12.4 Å². The molecule has 2 aliphatic heterocycles. The molecule has 0 saturated carbocycles. The maximum atomic E-state index is 4.32. The van der Waals surface area contributed by atoms with Crippen LogP contribution in [0.25, 0.3) is 0 Å². The van der Waals surface area contributed by atoms with Crippen molar-refractivity contribution < 1.29 is 0 Å². The first-order chi connectivity index (χ1) is 6.43. The van der Waals surface area contributed by atoms with E-state index in [1.54, 1.807) is 12.4 Å². The molecule has 0 radical (unpaired) electrons. The van der Waals surface area contributed by atoms with Gasteiger partial charge in [-0.05, 0) is 6.42 Å². The Kier molecular flexibility index (Phi) is 2.56. The number of hydrogen-bond donors (Lipinski definition) is 1. The molecule has 4 nitrogen and oxygen atoms in total. The van der Waals surface area contributed by atoms with E-state index in [9.17, 15) is 0 Å². The van der Waals surface area contributed by atoms with Crippen molar-refractivity contribution in [3.8, 4) is 0 Å². The van der Waals surface area contributed by atoms with E-state index in [4.69, 9.17) is 0 Å². The second kappa shape index (κ2) is 3.71. The maximum Gasteiger partial charge on any atom is 0.147 e. The lowest BCUT2D eigenvalue weighted by atomic mass is 10.2. The quantitative estimate of drug-likeness (QED) is 0.734. The third-order valence-corrected chi connectivity index (χ3v) is 2.90. The molecule has 2 aliphatic rings. The van der Waals surface area contributed by atoms with Crippen LogP contribution < -0.4 is 10.2 Å². The van der Waals surface area contributed by atoms with Gasteiger partial charge in [-0.2, -0.15) is 0 Å². The minimum atomic E-state index is 0. The Bertz CT molecular complexity index is 305. The lowest BCUT2D eigenvalue weighted by Gasteiger charge is -2.27. The van der Waals surface area contributed by atoms with E-state index in [0.29, 0.717) is 12.1 Å². The first-order valence-electron chi connectivity index (χ1n) is 4.69. The molecule has 1 aromatic heterocycles. The molecule has 5 heteroatoms. The first-order valence-corrected chi connectivity index (χ1v) is 4.69. The number of piperazine rings is 1. The zero-order valence-electron chi connectivity index (χ0n) is 7.76. The summed E-state index contributed by atoms with van der Waals surface area (Å²) in [5.41, 5.74) is 0. The lowest BCUT2D eigenvalue weighted by Crippen LogP contribution is -2.44. The predicted octanol–water partition coefficient (Wildman–Crippen LogP) is 0.449. The predicted molar refractivity (Wildman–Crippen MR) is 56.8 cm³/mol. The summed E-state index contributed by atoms with van der Waals surface area (Å²) in [6.07, 6.45) is 6.59. The fourth-order valence-corrected chi connectivity index (χ4v) is 2.28. The van der Waals surface area contributed by atoms with Gasteiger partial charge in [0, 0.05) is 37.6 Å². The monoisotopic (exact) mass is 212 g/mol. The minimum absolute atomic E-state index is 0. The number of halogens is 1. The number of fused-ring (bicyclic) bond motifs is 2. The summed E-state index contributed by atoms with van der Waals surface area (Å²) in [5.74, 6) is 1.02. The van der Waals surface area contributed by atoms with Crippen LogP contribution in [-0.2, 0) is 0 Å². The van der Waals surface area contributed by atoms with Crippen molar-refractivity contribution in [1.29, 1.82) is 0 Å². The summed E-state index contributed by atoms with van der Waals surface area (Å²) in [7, 11) is 0. The Labute approximate surface area is 89.1 Å². The molecule has 2 fully saturated rings. The second-order valence-corrected chi connectivity index (χ2v) is 3.71. The van der Waals surface area contributed by atoms with Crippen LogP contribution in [0.15, 0.2) is 18.6 Å². The van der Waals surface area contributed by atoms with Gasteiger partial charge in [0.2, 0.25) is 0 Å². The molecule has 0 aliphatic carbocycles. The van der Waals surface area contributed by atoms with Crippen LogP contribution in [0.5, 0.6) is 0 Å². The van der Waals surface area contributed by atoms with Gasteiger partial charge in [-0.1, -0.05) is 0 Å². The molecular weight excluding hydrogens is 200 g/mol. The Morgan fingerprint density at radius 2 is 2.36 bits per heavy atom. The summed E-state index contributed by atoms with van der Waals surface area (Å²) >= 11 is 0. The van der Waals surface area contributed by atoms with Crippen LogP contribution in [-0.4, -0.2) is 35.1 Å². The van der Waals surface area contributed by atoms with Gasteiger partial charge in [0.1, 0.15) is 5.82 Å². The molecule has 1 aromatic rings. The van der Waals surface area contributed by atoms with Gasteiger partial charge in [0.25, 0.3) is 0 Å². The summed E-state index contributed by atoms with van der Waals surface area (Å²) < 4.78 is 0. The number of anilines is 1. The highest BCUT2D eigenvalue weighted by Gasteiger charge is 2.38. The van der Waals surface area contributed by atoms with Crippen molar-refractivity contribution >= 4 is 18.2 Å². The number of nitrogens with one attached hydrogen (secondary N) is 1. The van der Waals surface area contributed by atoms with Crippen LogP contribution in [0.4, 0.5) is 5.82 Å². The van der Waals surface area contributed by atoms with Crippen LogP contribution >= 0.6 is 12.4 Å². The summed E-state index contributed by atoms with van der Waals surface area (Å²) in [4.78, 5) is 10.8. The van der Waals surface area contributed by atoms with Gasteiger partial charge in [0.15, 0.2) is 0 Å². The average Bonchev–Trinajstić information content (AvgIpc) is 2.80. The third kappa shape index (κ3) is 1.44. The normalized spacial score (nSPS) is 29.0. The zero-order valence-corrected chi connectivity index (χ0v) is 8.57. The number of rotatable bonds is 1. The second-order valence-electron chi connectivity index (χ2n) is 3.71. The Balaban J connectivity index is 0.000000750. The summed E-state index contributed by atoms with van der Waals surface area (Å²) in [5, 5.41) is 3.47. The topological polar surface area (TPSA) is 41.1 Å². The lowest BCUT2D eigenvalue weighted by molar-refractivity contribution is 0.576. The standard InChI is InChI=1S/C9H12N4.ClH/c1-2-11-9(5-10-1)13-6-7-3-8(13)4-12-7;/h1-2,5,7-8,12H,3-4,6H2;1H/t7-,8-;/m0./s1. The highest BCUT2D eigenvalue weighted by Crippen LogP contribution is 2.26. The van der Waals surface area contributed by atoms with E-state index in [1.807, 2.05) is 6.20 Å². The fourth-order valence-electron chi connectivity index (χ4n) is 2.28.